The molecule has 2 aromatic carbocycles. The summed E-state index contributed by atoms with van der Waals surface area (Å²) in [5, 5.41) is 17.7. The van der Waals surface area contributed by atoms with E-state index in [2.05, 4.69) is 25.2 Å². The Labute approximate surface area is 135 Å². The Bertz CT molecular complexity index is 900. The van der Waals surface area contributed by atoms with Gasteiger partial charge in [-0.2, -0.15) is 5.21 Å². The molecule has 0 saturated heterocycles. The van der Waals surface area contributed by atoms with Gasteiger partial charge in [-0.1, -0.05) is 28.4 Å². The highest BCUT2D eigenvalue weighted by Crippen LogP contribution is 2.32. The number of hydrogen-bond donors (Lipinski definition) is 1. The number of aromatic nitrogens is 5. The quantitative estimate of drug-likeness (QED) is 0.620. The number of hydrogen-bond acceptors (Lipinski definition) is 3. The monoisotopic (exact) mass is 331 g/mol. The average Bonchev–Trinajstić information content (AvgIpc) is 3.11. The second-order valence-corrected chi connectivity index (χ2v) is 5.93. The van der Waals surface area contributed by atoms with Crippen LogP contribution < -0.4 is 0 Å². The molecule has 0 amide bonds. The van der Waals surface area contributed by atoms with E-state index in [-0.39, 0.29) is 0 Å². The summed E-state index contributed by atoms with van der Waals surface area (Å²) in [5.74, 6) is 0.693. The number of aryl methyl sites for hydroxylation is 2. The van der Waals surface area contributed by atoms with Gasteiger partial charge in [0.25, 0.3) is 0 Å². The van der Waals surface area contributed by atoms with Gasteiger partial charge in [0.2, 0.25) is 0 Å². The van der Waals surface area contributed by atoms with Crippen LogP contribution in [0.5, 0.6) is 0 Å². The van der Waals surface area contributed by atoms with Gasteiger partial charge >= 0.3 is 0 Å². The summed E-state index contributed by atoms with van der Waals surface area (Å²) in [5.41, 5.74) is 2.23. The van der Waals surface area contributed by atoms with E-state index < -0.39 is 0 Å². The second kappa shape index (κ2) is 5.26. The van der Waals surface area contributed by atoms with Crippen LogP contribution in [0.3, 0.4) is 0 Å². The minimum Gasteiger partial charge on any atom is -0.340 e. The molecule has 0 fully saturated rings. The highest BCUT2D eigenvalue weighted by Gasteiger charge is 2.12. The summed E-state index contributed by atoms with van der Waals surface area (Å²) in [4.78, 5) is 0. The Morgan fingerprint density at radius 1 is 0.955 bits per heavy atom. The van der Waals surface area contributed by atoms with E-state index in [0.29, 0.717) is 22.3 Å². The fourth-order valence-electron chi connectivity index (χ4n) is 2.79. The fourth-order valence-corrected chi connectivity index (χ4v) is 3.13. The minimum absolute atomic E-state index is 0.693. The summed E-state index contributed by atoms with van der Waals surface area (Å²) in [7, 11) is 0. The lowest BCUT2D eigenvalue weighted by molar-refractivity contribution is 0.712. The van der Waals surface area contributed by atoms with Crippen LogP contribution in [0, 0.1) is 0 Å². The first-order valence-electron chi connectivity index (χ1n) is 6.82. The first kappa shape index (κ1) is 13.5. The largest absolute Gasteiger partial charge is 0.340 e. The topological polar surface area (TPSA) is 59.4 Å². The first-order valence-corrected chi connectivity index (χ1v) is 7.57. The zero-order chi connectivity index (χ0) is 15.1. The summed E-state index contributed by atoms with van der Waals surface area (Å²) in [6, 6.07) is 11.8. The van der Waals surface area contributed by atoms with Crippen molar-refractivity contribution in [2.24, 2.45) is 0 Å². The van der Waals surface area contributed by atoms with Gasteiger partial charge < -0.3 is 4.57 Å². The first-order chi connectivity index (χ1) is 10.7. The SMILES string of the molecule is Clc1ccc2c(c1)c1cc(Cl)ccc1n2CCc1nn[nH]n1. The van der Waals surface area contributed by atoms with Crippen molar-refractivity contribution in [3.8, 4) is 0 Å². The molecule has 22 heavy (non-hydrogen) atoms. The van der Waals surface area contributed by atoms with Gasteiger partial charge in [0.1, 0.15) is 0 Å². The number of benzene rings is 2. The van der Waals surface area contributed by atoms with E-state index >= 15 is 0 Å². The van der Waals surface area contributed by atoms with Crippen LogP contribution in [0.25, 0.3) is 21.8 Å². The van der Waals surface area contributed by atoms with Crippen molar-refractivity contribution < 1.29 is 0 Å². The number of rotatable bonds is 3. The molecule has 2 aromatic heterocycles. The van der Waals surface area contributed by atoms with E-state index in [9.17, 15) is 0 Å². The van der Waals surface area contributed by atoms with Crippen LogP contribution in [0.15, 0.2) is 36.4 Å². The van der Waals surface area contributed by atoms with Crippen LogP contribution in [-0.2, 0) is 13.0 Å². The zero-order valence-corrected chi connectivity index (χ0v) is 12.9. The molecule has 0 spiro atoms. The number of halogens is 2. The van der Waals surface area contributed by atoms with Gasteiger partial charge in [-0.15, -0.1) is 10.2 Å². The van der Waals surface area contributed by atoms with E-state index in [1.807, 2.05) is 36.4 Å². The van der Waals surface area contributed by atoms with Crippen LogP contribution >= 0.6 is 23.2 Å². The van der Waals surface area contributed by atoms with Crippen molar-refractivity contribution >= 4 is 45.0 Å². The maximum atomic E-state index is 6.15. The van der Waals surface area contributed by atoms with Crippen molar-refractivity contribution in [2.45, 2.75) is 13.0 Å². The Morgan fingerprint density at radius 2 is 1.59 bits per heavy atom. The zero-order valence-electron chi connectivity index (χ0n) is 11.4. The number of tetrazole rings is 1. The lowest BCUT2D eigenvalue weighted by Crippen LogP contribution is -2.02. The van der Waals surface area contributed by atoms with E-state index in [4.69, 9.17) is 23.2 Å². The molecule has 0 aliphatic carbocycles. The molecule has 2 heterocycles. The van der Waals surface area contributed by atoms with Crippen molar-refractivity contribution in [3.05, 3.63) is 52.3 Å². The molecule has 5 nitrogen and oxygen atoms in total. The van der Waals surface area contributed by atoms with Gasteiger partial charge in [0, 0.05) is 44.8 Å². The van der Waals surface area contributed by atoms with E-state index in [1.165, 1.54) is 0 Å². The molecule has 110 valence electrons. The van der Waals surface area contributed by atoms with Gasteiger partial charge in [-0.25, -0.2) is 0 Å². The number of nitrogens with one attached hydrogen (secondary N) is 1. The van der Waals surface area contributed by atoms with Crippen LogP contribution in [-0.4, -0.2) is 25.2 Å². The van der Waals surface area contributed by atoms with Gasteiger partial charge in [0.05, 0.1) is 0 Å². The fraction of sp³-hybridized carbons (Fsp3) is 0.133. The van der Waals surface area contributed by atoms with Crippen LogP contribution in [0.1, 0.15) is 5.82 Å². The number of fused-ring (bicyclic) bond motifs is 3. The standard InChI is InChI=1S/C15H11Cl2N5/c16-9-1-3-13-11(7-9)12-8-10(17)2-4-14(12)22(13)6-5-15-18-20-21-19-15/h1-4,7-8H,5-6H2,(H,18,19,20,21). The molecule has 0 unspecified atom stereocenters. The van der Waals surface area contributed by atoms with Crippen molar-refractivity contribution in [1.29, 1.82) is 0 Å². The Morgan fingerprint density at radius 3 is 2.14 bits per heavy atom. The molecular formula is C15H11Cl2N5. The molecule has 7 heteroatoms. The Balaban J connectivity index is 1.90. The molecule has 4 rings (SSSR count). The average molecular weight is 332 g/mol. The highest BCUT2D eigenvalue weighted by atomic mass is 35.5. The van der Waals surface area contributed by atoms with E-state index in [0.717, 1.165) is 28.4 Å². The molecule has 0 aliphatic heterocycles. The maximum absolute atomic E-state index is 6.15. The maximum Gasteiger partial charge on any atom is 0.176 e. The third-order valence-corrected chi connectivity index (χ3v) is 4.21. The van der Waals surface area contributed by atoms with Crippen LogP contribution in [0.4, 0.5) is 0 Å². The summed E-state index contributed by atoms with van der Waals surface area (Å²) in [6.07, 6.45) is 0.695. The molecule has 0 aliphatic rings. The van der Waals surface area contributed by atoms with Crippen molar-refractivity contribution in [3.63, 3.8) is 0 Å². The minimum atomic E-state index is 0.693. The molecule has 4 aromatic rings. The van der Waals surface area contributed by atoms with Gasteiger partial charge in [-0.05, 0) is 36.4 Å². The normalized spacial score (nSPS) is 11.5. The number of H-pyrrole nitrogens is 1. The van der Waals surface area contributed by atoms with Gasteiger partial charge in [-0.3, -0.25) is 0 Å². The number of aromatic amines is 1. The molecule has 1 N–H and O–H groups in total. The van der Waals surface area contributed by atoms with Crippen molar-refractivity contribution in [2.75, 3.05) is 0 Å². The highest BCUT2D eigenvalue weighted by molar-refractivity contribution is 6.33. The molecule has 0 radical (unpaired) electrons. The molecular weight excluding hydrogens is 321 g/mol. The van der Waals surface area contributed by atoms with Crippen molar-refractivity contribution in [1.82, 2.24) is 25.2 Å². The Hall–Kier alpha value is -2.11. The summed E-state index contributed by atoms with van der Waals surface area (Å²) >= 11 is 12.3. The predicted molar refractivity (Wildman–Crippen MR) is 87.3 cm³/mol. The summed E-state index contributed by atoms with van der Waals surface area (Å²) in [6.45, 7) is 0.753. The second-order valence-electron chi connectivity index (χ2n) is 5.05. The smallest absolute Gasteiger partial charge is 0.176 e. The van der Waals surface area contributed by atoms with Gasteiger partial charge in [0.15, 0.2) is 5.82 Å². The summed E-state index contributed by atoms with van der Waals surface area (Å²) < 4.78 is 2.23. The predicted octanol–water partition coefficient (Wildman–Crippen LogP) is 3.86. The Kier molecular flexibility index (Phi) is 3.24. The lowest BCUT2D eigenvalue weighted by Gasteiger charge is -2.05. The third-order valence-electron chi connectivity index (χ3n) is 3.74. The van der Waals surface area contributed by atoms with Crippen LogP contribution in [0.2, 0.25) is 10.0 Å². The lowest BCUT2D eigenvalue weighted by atomic mass is 10.1. The molecule has 0 bridgehead atoms. The molecule has 0 saturated carbocycles. The molecule has 0 atom stereocenters. The number of nitrogens with zero attached hydrogens (tertiary/aromatic N) is 4. The van der Waals surface area contributed by atoms with E-state index in [1.54, 1.807) is 0 Å². The third kappa shape index (κ3) is 2.23.